The third-order valence-electron chi connectivity index (χ3n) is 17.8. The zero-order valence-corrected chi connectivity index (χ0v) is 43.9. The van der Waals surface area contributed by atoms with E-state index in [0.717, 1.165) is 19.3 Å². The van der Waals surface area contributed by atoms with Crippen LogP contribution in [-0.2, 0) is 32.5 Å². The highest BCUT2D eigenvalue weighted by Crippen LogP contribution is 2.56. The van der Waals surface area contributed by atoms with Gasteiger partial charge in [0.05, 0.1) is 0 Å². The molecule has 0 fully saturated rings. The van der Waals surface area contributed by atoms with Crippen molar-refractivity contribution in [1.29, 1.82) is 0 Å². The molecule has 0 N–H and O–H groups in total. The van der Waals surface area contributed by atoms with E-state index in [-0.39, 0.29) is 45.1 Å². The average Bonchev–Trinajstić information content (AvgIpc) is 3.68. The van der Waals surface area contributed by atoms with Crippen LogP contribution in [0.15, 0.2) is 133 Å². The summed E-state index contributed by atoms with van der Waals surface area (Å²) >= 11 is 0. The summed E-state index contributed by atoms with van der Waals surface area (Å²) in [6, 6.07) is 53.0. The molecule has 3 heteroatoms. The molecule has 0 radical (unpaired) electrons. The van der Waals surface area contributed by atoms with Crippen molar-refractivity contribution in [2.75, 3.05) is 9.80 Å². The largest absolute Gasteiger partial charge is 0.311 e. The first kappa shape index (κ1) is 44.4. The zero-order chi connectivity index (χ0) is 48.5. The number of benzene rings is 7. The molecule has 2 heterocycles. The topological polar surface area (TPSA) is 6.48 Å². The standard InChI is InChI=1S/C66H71BN2/c1-40-29-57-60-58(30-40)69(55-35-50-47(31-41(55)2)62(5,6)38-65(50,11)12)54-28-25-44(59(42-21-17-15-18-22-42)43-23-19-16-20-24-43)32-52(54)67(60)53-34-49-51(66(13,14)39-64(49,9)10)36-56(53)68(57)45-26-27-46-48(33-45)63(7,8)37-61(46,3)4/h15-36,59H,37-39H2,1-14H3. The molecule has 0 amide bonds. The van der Waals surface area contributed by atoms with Gasteiger partial charge < -0.3 is 9.80 Å². The van der Waals surface area contributed by atoms with E-state index >= 15 is 0 Å². The van der Waals surface area contributed by atoms with Gasteiger partial charge in [-0.1, -0.05) is 174 Å². The molecule has 348 valence electrons. The van der Waals surface area contributed by atoms with Gasteiger partial charge in [-0.3, -0.25) is 0 Å². The summed E-state index contributed by atoms with van der Waals surface area (Å²) in [5.74, 6) is 0.0770. The van der Waals surface area contributed by atoms with Gasteiger partial charge in [-0.15, -0.1) is 0 Å². The zero-order valence-electron chi connectivity index (χ0n) is 43.9. The predicted molar refractivity (Wildman–Crippen MR) is 296 cm³/mol. The lowest BCUT2D eigenvalue weighted by molar-refractivity contribution is 0.402. The number of fused-ring (bicyclic) bond motifs is 7. The smallest absolute Gasteiger partial charge is 0.252 e. The fourth-order valence-corrected chi connectivity index (χ4v) is 15.7. The quantitative estimate of drug-likeness (QED) is 0.125. The van der Waals surface area contributed by atoms with Crippen LogP contribution in [0.3, 0.4) is 0 Å². The van der Waals surface area contributed by atoms with Crippen LogP contribution in [0.5, 0.6) is 0 Å². The number of hydrogen-bond acceptors (Lipinski definition) is 2. The SMILES string of the molecule is Cc1cc2c3c(c1)N(c1cc4c(cc1C)C(C)(C)CC4(C)C)c1ccc(C(c4ccccc4)c4ccccc4)cc1B3c1cc3c(cc1N2c1ccc2c(c1)C(C)(C)CC2(C)C)C(C)(C)CC3(C)C. The van der Waals surface area contributed by atoms with Gasteiger partial charge in [0.25, 0.3) is 6.71 Å². The third kappa shape index (κ3) is 6.50. The molecule has 7 aromatic carbocycles. The van der Waals surface area contributed by atoms with E-state index in [4.69, 9.17) is 0 Å². The average molecular weight is 903 g/mol. The second-order valence-electron chi connectivity index (χ2n) is 26.1. The minimum absolute atomic E-state index is 0.0139. The molecule has 0 aromatic heterocycles. The van der Waals surface area contributed by atoms with Gasteiger partial charge in [0.15, 0.2) is 0 Å². The van der Waals surface area contributed by atoms with Crippen molar-refractivity contribution in [1.82, 2.24) is 0 Å². The third-order valence-corrected chi connectivity index (χ3v) is 17.8. The molecule has 0 saturated carbocycles. The predicted octanol–water partition coefficient (Wildman–Crippen LogP) is 15.4. The summed E-state index contributed by atoms with van der Waals surface area (Å²) in [5, 5.41) is 0. The molecule has 0 saturated heterocycles. The van der Waals surface area contributed by atoms with Crippen LogP contribution in [0.25, 0.3) is 0 Å². The monoisotopic (exact) mass is 903 g/mol. The molecule has 12 rings (SSSR count). The molecule has 5 aliphatic rings. The number of aryl methyl sites for hydroxylation is 2. The summed E-state index contributed by atoms with van der Waals surface area (Å²) in [5.41, 5.74) is 27.9. The summed E-state index contributed by atoms with van der Waals surface area (Å²) in [6.45, 7) is 34.2. The molecule has 7 aromatic rings. The lowest BCUT2D eigenvalue weighted by Crippen LogP contribution is -2.61. The van der Waals surface area contributed by atoms with Crippen LogP contribution in [0.2, 0.25) is 0 Å². The van der Waals surface area contributed by atoms with Crippen molar-refractivity contribution in [3.63, 3.8) is 0 Å². The Bertz CT molecular complexity index is 3250. The van der Waals surface area contributed by atoms with Gasteiger partial charge >= 0.3 is 0 Å². The lowest BCUT2D eigenvalue weighted by atomic mass is 9.33. The van der Waals surface area contributed by atoms with E-state index in [2.05, 4.69) is 240 Å². The Morgan fingerprint density at radius 1 is 0.377 bits per heavy atom. The molecule has 2 aliphatic heterocycles. The van der Waals surface area contributed by atoms with Crippen LogP contribution in [-0.4, -0.2) is 6.71 Å². The Kier molecular flexibility index (Phi) is 9.27. The van der Waals surface area contributed by atoms with Crippen LogP contribution in [0.4, 0.5) is 34.1 Å². The van der Waals surface area contributed by atoms with Crippen molar-refractivity contribution in [3.8, 4) is 0 Å². The maximum Gasteiger partial charge on any atom is 0.252 e. The number of hydrogen-bond donors (Lipinski definition) is 0. The van der Waals surface area contributed by atoms with Crippen molar-refractivity contribution >= 4 is 57.2 Å². The Morgan fingerprint density at radius 3 is 1.41 bits per heavy atom. The Morgan fingerprint density at radius 2 is 0.841 bits per heavy atom. The number of nitrogens with zero attached hydrogens (tertiary/aromatic N) is 2. The molecule has 3 aliphatic carbocycles. The van der Waals surface area contributed by atoms with E-state index < -0.39 is 0 Å². The Labute approximate surface area is 414 Å². The van der Waals surface area contributed by atoms with Crippen molar-refractivity contribution in [3.05, 3.63) is 195 Å². The van der Waals surface area contributed by atoms with Gasteiger partial charge in [-0.2, -0.15) is 0 Å². The van der Waals surface area contributed by atoms with E-state index in [1.165, 1.54) is 112 Å². The minimum atomic E-state index is 0.0139. The first-order chi connectivity index (χ1) is 32.5. The molecule has 2 nitrogen and oxygen atoms in total. The fraction of sp³-hybridized carbons (Fsp3) is 0.364. The maximum absolute atomic E-state index is 2.70. The first-order valence-electron chi connectivity index (χ1n) is 26.0. The highest BCUT2D eigenvalue weighted by atomic mass is 15.2. The second-order valence-corrected chi connectivity index (χ2v) is 26.1. The molecular weight excluding hydrogens is 832 g/mol. The van der Waals surface area contributed by atoms with Crippen LogP contribution >= 0.6 is 0 Å². The summed E-state index contributed by atoms with van der Waals surface area (Å²) in [4.78, 5) is 5.39. The Hall–Kier alpha value is -5.80. The van der Waals surface area contributed by atoms with Gasteiger partial charge in [-0.25, -0.2) is 0 Å². The highest BCUT2D eigenvalue weighted by molar-refractivity contribution is 7.00. The Balaban J connectivity index is 1.19. The summed E-state index contributed by atoms with van der Waals surface area (Å²) in [6.07, 6.45) is 3.40. The molecule has 0 spiro atoms. The van der Waals surface area contributed by atoms with Crippen molar-refractivity contribution < 1.29 is 0 Å². The van der Waals surface area contributed by atoms with E-state index in [0.29, 0.717) is 0 Å². The van der Waals surface area contributed by atoms with Gasteiger partial charge in [0.1, 0.15) is 0 Å². The molecular formula is C66H71BN2. The molecule has 69 heavy (non-hydrogen) atoms. The lowest BCUT2D eigenvalue weighted by Gasteiger charge is -2.45. The van der Waals surface area contributed by atoms with Crippen LogP contribution in [0, 0.1) is 13.8 Å². The van der Waals surface area contributed by atoms with Gasteiger partial charge in [-0.05, 0) is 186 Å². The molecule has 0 bridgehead atoms. The minimum Gasteiger partial charge on any atom is -0.311 e. The number of anilines is 6. The molecule has 0 unspecified atom stereocenters. The summed E-state index contributed by atoms with van der Waals surface area (Å²) < 4.78 is 0. The van der Waals surface area contributed by atoms with Crippen LogP contribution < -0.4 is 26.2 Å². The van der Waals surface area contributed by atoms with E-state index in [9.17, 15) is 0 Å². The molecule has 0 atom stereocenters. The van der Waals surface area contributed by atoms with E-state index in [1.807, 2.05) is 0 Å². The van der Waals surface area contributed by atoms with Gasteiger partial charge in [0.2, 0.25) is 0 Å². The van der Waals surface area contributed by atoms with Crippen molar-refractivity contribution in [2.45, 2.75) is 155 Å². The fourth-order valence-electron chi connectivity index (χ4n) is 15.7. The summed E-state index contributed by atoms with van der Waals surface area (Å²) in [7, 11) is 0. The second kappa shape index (κ2) is 14.4. The highest BCUT2D eigenvalue weighted by Gasteiger charge is 2.50. The van der Waals surface area contributed by atoms with E-state index in [1.54, 1.807) is 0 Å². The van der Waals surface area contributed by atoms with Crippen molar-refractivity contribution in [2.24, 2.45) is 0 Å². The maximum atomic E-state index is 2.70. The normalized spacial score (nSPS) is 19.7. The van der Waals surface area contributed by atoms with Gasteiger partial charge in [0, 0.05) is 40.0 Å². The first-order valence-corrected chi connectivity index (χ1v) is 26.0. The van der Waals surface area contributed by atoms with Crippen LogP contribution in [0.1, 0.15) is 169 Å². The number of rotatable bonds is 5.